The lowest BCUT2D eigenvalue weighted by atomic mass is 9.89. The maximum Gasteiger partial charge on any atom is 0.245 e. The van der Waals surface area contributed by atoms with E-state index in [9.17, 15) is 4.79 Å². The van der Waals surface area contributed by atoms with Crippen molar-refractivity contribution in [3.63, 3.8) is 0 Å². The second-order valence-corrected chi connectivity index (χ2v) is 4.04. The van der Waals surface area contributed by atoms with Gasteiger partial charge in [-0.3, -0.25) is 4.79 Å². The van der Waals surface area contributed by atoms with Crippen LogP contribution in [0.1, 0.15) is 36.8 Å². The number of ketones is 1. The number of carbonyl (C=O) groups is 1. The molecule has 0 saturated heterocycles. The quantitative estimate of drug-likeness (QED) is 0.681. The summed E-state index contributed by atoms with van der Waals surface area (Å²) in [5.41, 5.74) is 0.834. The average molecular weight is 206 g/mol. The van der Waals surface area contributed by atoms with Crippen molar-refractivity contribution in [2.45, 2.75) is 26.2 Å². The Morgan fingerprint density at radius 3 is 2.93 bits per heavy atom. The maximum atomic E-state index is 11.9. The monoisotopic (exact) mass is 206 g/mol. The molecule has 0 fully saturated rings. The van der Waals surface area contributed by atoms with Gasteiger partial charge in [-0.05, 0) is 36.0 Å². The molecule has 2 rings (SSSR count). The Kier molecular flexibility index (Phi) is 2.62. The van der Waals surface area contributed by atoms with Gasteiger partial charge in [-0.2, -0.15) is 4.80 Å². The molecule has 0 spiro atoms. The number of nitrogens with zero attached hydrogens (tertiary/aromatic N) is 4. The highest BCUT2D eigenvalue weighted by Crippen LogP contribution is 2.24. The van der Waals surface area contributed by atoms with E-state index in [2.05, 4.69) is 22.3 Å². The van der Waals surface area contributed by atoms with Gasteiger partial charge < -0.3 is 0 Å². The average Bonchev–Trinajstić information content (AvgIpc) is 2.65. The van der Waals surface area contributed by atoms with Crippen LogP contribution in [0.5, 0.6) is 0 Å². The fraction of sp³-hybridized carbons (Fsp3) is 0.600. The molecule has 0 amide bonds. The minimum Gasteiger partial charge on any atom is -0.285 e. The van der Waals surface area contributed by atoms with E-state index >= 15 is 0 Å². The van der Waals surface area contributed by atoms with Gasteiger partial charge in [-0.1, -0.05) is 13.0 Å². The first kappa shape index (κ1) is 10.0. The maximum absolute atomic E-state index is 11.9. The Bertz CT molecular complexity index is 407. The van der Waals surface area contributed by atoms with Gasteiger partial charge in [0.1, 0.15) is 0 Å². The predicted octanol–water partition coefficient (Wildman–Crippen LogP) is 1.14. The molecule has 0 aromatic carbocycles. The van der Waals surface area contributed by atoms with Gasteiger partial charge >= 0.3 is 0 Å². The van der Waals surface area contributed by atoms with Gasteiger partial charge in [-0.15, -0.1) is 10.2 Å². The molecule has 1 aliphatic carbocycles. The Labute approximate surface area is 88.2 Å². The standard InChI is InChI=1S/C10H14N4O/c1-7-3-5-8(6-4-7)9(15)10-11-13-14(2)12-10/h5,7H,3-4,6H2,1-2H3. The molecule has 0 radical (unpaired) electrons. The number of allylic oxidation sites excluding steroid dienone is 2. The van der Waals surface area contributed by atoms with Gasteiger partial charge in [0.2, 0.25) is 11.6 Å². The van der Waals surface area contributed by atoms with E-state index in [1.165, 1.54) is 4.80 Å². The van der Waals surface area contributed by atoms with E-state index in [1.54, 1.807) is 7.05 Å². The summed E-state index contributed by atoms with van der Waals surface area (Å²) in [6.07, 6.45) is 4.88. The summed E-state index contributed by atoms with van der Waals surface area (Å²) in [6.45, 7) is 2.19. The highest BCUT2D eigenvalue weighted by atomic mass is 16.1. The first-order chi connectivity index (χ1) is 7.16. The fourth-order valence-electron chi connectivity index (χ4n) is 1.69. The lowest BCUT2D eigenvalue weighted by molar-refractivity contribution is 0.101. The van der Waals surface area contributed by atoms with Gasteiger partial charge in [0.05, 0.1) is 7.05 Å². The summed E-state index contributed by atoms with van der Waals surface area (Å²) < 4.78 is 0. The highest BCUT2D eigenvalue weighted by molar-refractivity contribution is 6.05. The van der Waals surface area contributed by atoms with Crippen LogP contribution in [0.3, 0.4) is 0 Å². The van der Waals surface area contributed by atoms with Crippen molar-refractivity contribution in [1.82, 2.24) is 20.2 Å². The summed E-state index contributed by atoms with van der Waals surface area (Å²) in [5, 5.41) is 11.3. The molecule has 0 saturated carbocycles. The smallest absolute Gasteiger partial charge is 0.245 e. The van der Waals surface area contributed by atoms with Crippen molar-refractivity contribution in [3.8, 4) is 0 Å². The molecule has 0 bridgehead atoms. The third kappa shape index (κ3) is 2.11. The molecule has 0 aliphatic heterocycles. The molecule has 80 valence electrons. The number of hydrogen-bond donors (Lipinski definition) is 0. The predicted molar refractivity (Wildman–Crippen MR) is 54.2 cm³/mol. The van der Waals surface area contributed by atoms with Crippen LogP contribution in [0.4, 0.5) is 0 Å². The van der Waals surface area contributed by atoms with Crippen molar-refractivity contribution in [1.29, 1.82) is 0 Å². The molecule has 1 heterocycles. The number of rotatable bonds is 2. The Morgan fingerprint density at radius 2 is 2.40 bits per heavy atom. The topological polar surface area (TPSA) is 60.7 Å². The molecule has 1 aromatic heterocycles. The Morgan fingerprint density at radius 1 is 1.60 bits per heavy atom. The van der Waals surface area contributed by atoms with E-state index < -0.39 is 0 Å². The molecule has 1 aliphatic rings. The number of hydrogen-bond acceptors (Lipinski definition) is 4. The molecule has 15 heavy (non-hydrogen) atoms. The highest BCUT2D eigenvalue weighted by Gasteiger charge is 2.20. The summed E-state index contributed by atoms with van der Waals surface area (Å²) in [7, 11) is 1.65. The second-order valence-electron chi connectivity index (χ2n) is 4.04. The number of tetrazole rings is 1. The van der Waals surface area contributed by atoms with Crippen LogP contribution in [0, 0.1) is 5.92 Å². The van der Waals surface area contributed by atoms with Crippen molar-refractivity contribution in [3.05, 3.63) is 17.5 Å². The van der Waals surface area contributed by atoms with Crippen molar-refractivity contribution in [2.24, 2.45) is 13.0 Å². The summed E-state index contributed by atoms with van der Waals surface area (Å²) in [4.78, 5) is 13.2. The van der Waals surface area contributed by atoms with Crippen LogP contribution in [0.15, 0.2) is 11.6 Å². The number of aromatic nitrogens is 4. The lowest BCUT2D eigenvalue weighted by Crippen LogP contribution is -2.11. The summed E-state index contributed by atoms with van der Waals surface area (Å²) in [6, 6.07) is 0. The zero-order valence-corrected chi connectivity index (χ0v) is 8.97. The van der Waals surface area contributed by atoms with Crippen molar-refractivity contribution in [2.75, 3.05) is 0 Å². The van der Waals surface area contributed by atoms with E-state index in [-0.39, 0.29) is 11.6 Å². The van der Waals surface area contributed by atoms with Crippen LogP contribution in [-0.2, 0) is 7.05 Å². The Hall–Kier alpha value is -1.52. The SMILES string of the molecule is CC1CC=C(C(=O)c2nnn(C)n2)CC1. The number of aryl methyl sites for hydroxylation is 1. The first-order valence-corrected chi connectivity index (χ1v) is 5.14. The van der Waals surface area contributed by atoms with Gasteiger partial charge in [0.15, 0.2) is 0 Å². The fourth-order valence-corrected chi connectivity index (χ4v) is 1.69. The summed E-state index contributed by atoms with van der Waals surface area (Å²) in [5.74, 6) is 0.810. The van der Waals surface area contributed by atoms with Crippen LogP contribution in [0.25, 0.3) is 0 Å². The minimum atomic E-state index is -0.0741. The van der Waals surface area contributed by atoms with Crippen LogP contribution in [-0.4, -0.2) is 26.0 Å². The molecule has 1 aromatic rings. The largest absolute Gasteiger partial charge is 0.285 e. The van der Waals surface area contributed by atoms with E-state index in [0.29, 0.717) is 5.92 Å². The van der Waals surface area contributed by atoms with Gasteiger partial charge in [0.25, 0.3) is 0 Å². The van der Waals surface area contributed by atoms with Crippen LogP contribution < -0.4 is 0 Å². The molecule has 5 heteroatoms. The van der Waals surface area contributed by atoms with Crippen molar-refractivity contribution >= 4 is 5.78 Å². The van der Waals surface area contributed by atoms with E-state index in [4.69, 9.17) is 0 Å². The normalized spacial score (nSPS) is 21.2. The second kappa shape index (κ2) is 3.92. The number of Topliss-reactive ketones (excluding diaryl/α,β-unsaturated/α-hetero) is 1. The molecule has 5 nitrogen and oxygen atoms in total. The van der Waals surface area contributed by atoms with Crippen molar-refractivity contribution < 1.29 is 4.79 Å². The zero-order chi connectivity index (χ0) is 10.8. The molecular weight excluding hydrogens is 192 g/mol. The van der Waals surface area contributed by atoms with Crippen LogP contribution in [0.2, 0.25) is 0 Å². The van der Waals surface area contributed by atoms with E-state index in [0.717, 1.165) is 24.8 Å². The molecule has 1 atom stereocenters. The van der Waals surface area contributed by atoms with E-state index in [1.807, 2.05) is 6.08 Å². The third-order valence-electron chi connectivity index (χ3n) is 2.68. The van der Waals surface area contributed by atoms with Gasteiger partial charge in [-0.25, -0.2) is 0 Å². The first-order valence-electron chi connectivity index (χ1n) is 5.14. The zero-order valence-electron chi connectivity index (χ0n) is 8.97. The lowest BCUT2D eigenvalue weighted by Gasteiger charge is -2.15. The molecule has 0 N–H and O–H groups in total. The molecular formula is C10H14N4O. The van der Waals surface area contributed by atoms with Gasteiger partial charge in [0, 0.05) is 0 Å². The molecule has 1 unspecified atom stereocenters. The summed E-state index contributed by atoms with van der Waals surface area (Å²) >= 11 is 0. The minimum absolute atomic E-state index is 0.0741. The van der Waals surface area contributed by atoms with Crippen LogP contribution >= 0.6 is 0 Å². The number of carbonyl (C=O) groups excluding carboxylic acids is 1. The Balaban J connectivity index is 2.15. The third-order valence-corrected chi connectivity index (χ3v) is 2.68.